The lowest BCUT2D eigenvalue weighted by Gasteiger charge is -2.57. The van der Waals surface area contributed by atoms with Crippen molar-refractivity contribution in [2.24, 2.45) is 34.5 Å². The molecular formula is C26H41NO. The monoisotopic (exact) mass is 383 g/mol. The van der Waals surface area contributed by atoms with Gasteiger partial charge in [-0.15, -0.1) is 0 Å². The summed E-state index contributed by atoms with van der Waals surface area (Å²) in [4.78, 5) is 15.3. The van der Waals surface area contributed by atoms with Crippen molar-refractivity contribution in [2.75, 3.05) is 19.6 Å². The van der Waals surface area contributed by atoms with E-state index in [4.69, 9.17) is 0 Å². The van der Waals surface area contributed by atoms with Crippen LogP contribution < -0.4 is 0 Å². The van der Waals surface area contributed by atoms with Crippen molar-refractivity contribution < 1.29 is 4.79 Å². The average Bonchev–Trinajstić information content (AvgIpc) is 3.30. The minimum atomic E-state index is 0.0333. The van der Waals surface area contributed by atoms with Crippen molar-refractivity contribution in [3.05, 3.63) is 11.6 Å². The zero-order valence-corrected chi connectivity index (χ0v) is 18.3. The van der Waals surface area contributed by atoms with Crippen LogP contribution in [0.1, 0.15) is 90.9 Å². The van der Waals surface area contributed by atoms with Crippen LogP contribution in [0.3, 0.4) is 0 Å². The van der Waals surface area contributed by atoms with E-state index in [0.717, 1.165) is 24.2 Å². The summed E-state index contributed by atoms with van der Waals surface area (Å²) in [5, 5.41) is 0. The summed E-state index contributed by atoms with van der Waals surface area (Å²) in [6.45, 7) is 8.94. The van der Waals surface area contributed by atoms with Gasteiger partial charge in [0.1, 0.15) is 5.78 Å². The van der Waals surface area contributed by atoms with Crippen molar-refractivity contribution >= 4 is 5.78 Å². The van der Waals surface area contributed by atoms with Crippen molar-refractivity contribution in [1.82, 2.24) is 4.90 Å². The normalized spacial score (nSPS) is 46.1. The fourth-order valence-electron chi connectivity index (χ4n) is 8.38. The Morgan fingerprint density at radius 2 is 1.71 bits per heavy atom. The average molecular weight is 384 g/mol. The number of carbonyl (C=O) groups is 1. The van der Waals surface area contributed by atoms with E-state index < -0.39 is 0 Å². The van der Waals surface area contributed by atoms with Gasteiger partial charge in [-0.1, -0.05) is 25.5 Å². The summed E-state index contributed by atoms with van der Waals surface area (Å²) in [5.41, 5.74) is 2.30. The molecule has 0 spiro atoms. The highest BCUT2D eigenvalue weighted by Crippen LogP contribution is 2.64. The van der Waals surface area contributed by atoms with Crippen molar-refractivity contribution in [3.8, 4) is 0 Å². The minimum Gasteiger partial charge on any atom is -0.303 e. The number of Topliss-reactive ketones (excluding diaryl/α,β-unsaturated/α-hetero) is 1. The first kappa shape index (κ1) is 19.3. The van der Waals surface area contributed by atoms with Crippen molar-refractivity contribution in [1.29, 1.82) is 0 Å². The fourth-order valence-corrected chi connectivity index (χ4v) is 8.38. The zero-order chi connectivity index (χ0) is 19.4. The summed E-state index contributed by atoms with van der Waals surface area (Å²) in [6.07, 6.45) is 18.4. The van der Waals surface area contributed by atoms with Crippen LogP contribution in [-0.2, 0) is 4.79 Å². The van der Waals surface area contributed by atoms with Crippen LogP contribution in [0, 0.1) is 34.5 Å². The summed E-state index contributed by atoms with van der Waals surface area (Å²) in [5.74, 6) is 3.78. The third-order valence-corrected chi connectivity index (χ3v) is 10.2. The molecule has 0 N–H and O–H groups in total. The summed E-state index contributed by atoms with van der Waals surface area (Å²) >= 11 is 0. The lowest BCUT2D eigenvalue weighted by atomic mass is 9.47. The largest absolute Gasteiger partial charge is 0.303 e. The van der Waals surface area contributed by atoms with E-state index in [1.807, 2.05) is 5.57 Å². The lowest BCUT2D eigenvalue weighted by Crippen LogP contribution is -2.50. The Morgan fingerprint density at radius 1 is 0.964 bits per heavy atom. The van der Waals surface area contributed by atoms with Gasteiger partial charge in [-0.05, 0) is 119 Å². The van der Waals surface area contributed by atoms with Crippen LogP contribution in [0.15, 0.2) is 11.6 Å². The number of likely N-dealkylation sites (tertiary alicyclic amines) is 1. The van der Waals surface area contributed by atoms with Gasteiger partial charge in [0.25, 0.3) is 0 Å². The number of carbonyl (C=O) groups excluding carboxylic acids is 1. The number of fused-ring (bicyclic) bond motifs is 5. The maximum Gasteiger partial charge on any atom is 0.139 e. The van der Waals surface area contributed by atoms with Gasteiger partial charge in [-0.3, -0.25) is 4.79 Å². The SMILES string of the molecule is CC12CCC3C(CCC4=CC(CCCN5CCCC5)CCC43C)C1CCC2=O. The van der Waals surface area contributed by atoms with Crippen molar-refractivity contribution in [2.45, 2.75) is 90.9 Å². The molecule has 2 nitrogen and oxygen atoms in total. The number of allylic oxidation sites excluding steroid dienone is 2. The molecule has 4 aliphatic carbocycles. The van der Waals surface area contributed by atoms with Gasteiger partial charge in [-0.2, -0.15) is 0 Å². The minimum absolute atomic E-state index is 0.0333. The molecule has 1 heterocycles. The Balaban J connectivity index is 1.26. The lowest BCUT2D eigenvalue weighted by molar-refractivity contribution is -0.132. The third-order valence-electron chi connectivity index (χ3n) is 10.2. The third kappa shape index (κ3) is 3.04. The zero-order valence-electron chi connectivity index (χ0n) is 18.3. The fraction of sp³-hybridized carbons (Fsp3) is 0.885. The van der Waals surface area contributed by atoms with E-state index in [0.29, 0.717) is 17.1 Å². The van der Waals surface area contributed by atoms with Crippen LogP contribution in [0.2, 0.25) is 0 Å². The molecule has 0 bridgehead atoms. The number of hydrogen-bond donors (Lipinski definition) is 0. The number of hydrogen-bond acceptors (Lipinski definition) is 2. The molecule has 0 aromatic carbocycles. The van der Waals surface area contributed by atoms with E-state index in [1.54, 1.807) is 0 Å². The predicted octanol–water partition coefficient (Wildman–Crippen LogP) is 6.01. The second kappa shape index (κ2) is 7.25. The Labute approximate surface area is 172 Å². The van der Waals surface area contributed by atoms with Crippen molar-refractivity contribution in [3.63, 3.8) is 0 Å². The van der Waals surface area contributed by atoms with Gasteiger partial charge in [0.15, 0.2) is 0 Å². The Kier molecular flexibility index (Phi) is 5.01. The van der Waals surface area contributed by atoms with E-state index >= 15 is 0 Å². The summed E-state index contributed by atoms with van der Waals surface area (Å²) < 4.78 is 0. The second-order valence-electron chi connectivity index (χ2n) is 11.4. The molecule has 2 heteroatoms. The molecule has 6 atom stereocenters. The van der Waals surface area contributed by atoms with Gasteiger partial charge >= 0.3 is 0 Å². The topological polar surface area (TPSA) is 20.3 Å². The van der Waals surface area contributed by atoms with Gasteiger partial charge in [0.2, 0.25) is 0 Å². The number of nitrogens with zero attached hydrogens (tertiary/aromatic N) is 1. The highest BCUT2D eigenvalue weighted by molar-refractivity contribution is 5.87. The first-order valence-corrected chi connectivity index (χ1v) is 12.5. The standard InChI is InChI=1S/C26H41NO/c1-25-13-11-19(6-5-17-27-15-3-4-16-27)18-20(25)7-8-21-22-9-10-24(28)26(22,2)14-12-23(21)25/h18-19,21-23H,3-17H2,1-2H3. The highest BCUT2D eigenvalue weighted by atomic mass is 16.1. The summed E-state index contributed by atoms with van der Waals surface area (Å²) in [6, 6.07) is 0. The first-order chi connectivity index (χ1) is 13.5. The van der Waals surface area contributed by atoms with E-state index in [1.165, 1.54) is 90.3 Å². The molecule has 5 rings (SSSR count). The molecule has 0 aromatic rings. The van der Waals surface area contributed by atoms with Crippen LogP contribution in [0.25, 0.3) is 0 Å². The molecule has 1 saturated heterocycles. The molecule has 4 fully saturated rings. The quantitative estimate of drug-likeness (QED) is 0.554. The van der Waals surface area contributed by atoms with Crippen LogP contribution in [0.5, 0.6) is 0 Å². The maximum atomic E-state index is 12.6. The summed E-state index contributed by atoms with van der Waals surface area (Å²) in [7, 11) is 0. The van der Waals surface area contributed by atoms with E-state index in [2.05, 4.69) is 24.8 Å². The predicted molar refractivity (Wildman–Crippen MR) is 115 cm³/mol. The van der Waals surface area contributed by atoms with Gasteiger partial charge < -0.3 is 4.90 Å². The second-order valence-corrected chi connectivity index (χ2v) is 11.4. The number of ketones is 1. The van der Waals surface area contributed by atoms with Gasteiger partial charge in [-0.25, -0.2) is 0 Å². The number of rotatable bonds is 4. The van der Waals surface area contributed by atoms with Gasteiger partial charge in [0, 0.05) is 11.8 Å². The molecule has 1 aliphatic heterocycles. The molecular weight excluding hydrogens is 342 g/mol. The van der Waals surface area contributed by atoms with E-state index in [9.17, 15) is 4.79 Å². The Bertz CT molecular complexity index is 647. The highest BCUT2D eigenvalue weighted by Gasteiger charge is 2.58. The van der Waals surface area contributed by atoms with E-state index in [-0.39, 0.29) is 5.41 Å². The molecule has 5 aliphatic rings. The Morgan fingerprint density at radius 3 is 2.54 bits per heavy atom. The first-order valence-electron chi connectivity index (χ1n) is 12.5. The molecule has 0 radical (unpaired) electrons. The maximum absolute atomic E-state index is 12.6. The Hall–Kier alpha value is -0.630. The van der Waals surface area contributed by atoms with Crippen LogP contribution in [-0.4, -0.2) is 30.3 Å². The molecule has 3 saturated carbocycles. The smallest absolute Gasteiger partial charge is 0.139 e. The molecule has 156 valence electrons. The molecule has 0 aromatic heterocycles. The van der Waals surface area contributed by atoms with Gasteiger partial charge in [0.05, 0.1) is 0 Å². The van der Waals surface area contributed by atoms with Crippen LogP contribution >= 0.6 is 0 Å². The molecule has 28 heavy (non-hydrogen) atoms. The molecule has 0 amide bonds. The van der Waals surface area contributed by atoms with Crippen LogP contribution in [0.4, 0.5) is 0 Å². The molecule has 6 unspecified atom stereocenters.